The van der Waals surface area contributed by atoms with E-state index in [1.807, 2.05) is 6.92 Å². The molecule has 0 bridgehead atoms. The van der Waals surface area contributed by atoms with Crippen LogP contribution in [0, 0.1) is 0 Å². The molecule has 0 atom stereocenters. The van der Waals surface area contributed by atoms with E-state index in [9.17, 15) is 9.90 Å². The van der Waals surface area contributed by atoms with Gasteiger partial charge in [0, 0.05) is 11.3 Å². The highest BCUT2D eigenvalue weighted by Gasteiger charge is 2.11. The molecule has 0 fully saturated rings. The number of anilines is 1. The Kier molecular flexibility index (Phi) is 4.66. The van der Waals surface area contributed by atoms with Crippen molar-refractivity contribution < 1.29 is 19.4 Å². The third kappa shape index (κ3) is 3.66. The first-order valence-electron chi connectivity index (χ1n) is 6.55. The Morgan fingerprint density at radius 3 is 2.48 bits per heavy atom. The fraction of sp³-hybridized carbons (Fsp3) is 0.188. The van der Waals surface area contributed by atoms with Crippen LogP contribution in [-0.4, -0.2) is 24.7 Å². The van der Waals surface area contributed by atoms with E-state index in [0.717, 1.165) is 0 Å². The zero-order valence-corrected chi connectivity index (χ0v) is 11.9. The van der Waals surface area contributed by atoms with Crippen LogP contribution in [0.4, 0.5) is 5.69 Å². The van der Waals surface area contributed by atoms with Gasteiger partial charge in [-0.2, -0.15) is 0 Å². The van der Waals surface area contributed by atoms with Gasteiger partial charge in [0.15, 0.2) is 11.5 Å². The second-order valence-electron chi connectivity index (χ2n) is 4.30. The number of aromatic hydroxyl groups is 1. The molecular weight excluding hydrogens is 270 g/mol. The molecule has 110 valence electrons. The maximum absolute atomic E-state index is 12.2. The predicted octanol–water partition coefficient (Wildman–Crippen LogP) is 3.05. The molecule has 0 aliphatic rings. The van der Waals surface area contributed by atoms with Crippen molar-refractivity contribution in [3.05, 3.63) is 48.0 Å². The number of amides is 1. The summed E-state index contributed by atoms with van der Waals surface area (Å²) in [4.78, 5) is 12.2. The minimum absolute atomic E-state index is 0.149. The molecule has 0 radical (unpaired) electrons. The Bertz CT molecular complexity index is 623. The first-order valence-corrected chi connectivity index (χ1v) is 6.55. The second kappa shape index (κ2) is 6.65. The maximum Gasteiger partial charge on any atom is 0.255 e. The molecule has 2 rings (SSSR count). The third-order valence-corrected chi connectivity index (χ3v) is 2.85. The maximum atomic E-state index is 12.2. The topological polar surface area (TPSA) is 67.8 Å². The quantitative estimate of drug-likeness (QED) is 0.829. The van der Waals surface area contributed by atoms with Crippen LogP contribution < -0.4 is 14.8 Å². The summed E-state index contributed by atoms with van der Waals surface area (Å²) in [6.07, 6.45) is 0. The normalized spacial score (nSPS) is 10.0. The fourth-order valence-electron chi connectivity index (χ4n) is 1.83. The number of carbonyl (C=O) groups excluding carboxylic acids is 1. The number of carbonyl (C=O) groups is 1. The zero-order chi connectivity index (χ0) is 15.2. The number of rotatable bonds is 5. The van der Waals surface area contributed by atoms with Crippen molar-refractivity contribution in [1.29, 1.82) is 0 Å². The minimum Gasteiger partial charge on any atom is -0.508 e. The van der Waals surface area contributed by atoms with Crippen molar-refractivity contribution in [2.24, 2.45) is 0 Å². The number of phenols is 1. The summed E-state index contributed by atoms with van der Waals surface area (Å²) in [5.74, 6) is 0.995. The molecule has 0 saturated heterocycles. The monoisotopic (exact) mass is 287 g/mol. The zero-order valence-electron chi connectivity index (χ0n) is 11.9. The van der Waals surface area contributed by atoms with Crippen molar-refractivity contribution in [1.82, 2.24) is 0 Å². The van der Waals surface area contributed by atoms with Gasteiger partial charge in [0.1, 0.15) is 5.75 Å². The smallest absolute Gasteiger partial charge is 0.255 e. The summed E-state index contributed by atoms with van der Waals surface area (Å²) < 4.78 is 10.6. The molecular formula is C16H17NO4. The minimum atomic E-state index is -0.262. The van der Waals surface area contributed by atoms with Crippen molar-refractivity contribution in [2.45, 2.75) is 6.92 Å². The third-order valence-electron chi connectivity index (χ3n) is 2.85. The Morgan fingerprint density at radius 1 is 1.14 bits per heavy atom. The number of nitrogens with one attached hydrogen (secondary N) is 1. The van der Waals surface area contributed by atoms with Gasteiger partial charge in [0.2, 0.25) is 0 Å². The van der Waals surface area contributed by atoms with Crippen molar-refractivity contribution >= 4 is 11.6 Å². The molecule has 2 N–H and O–H groups in total. The second-order valence-corrected chi connectivity index (χ2v) is 4.30. The Morgan fingerprint density at radius 2 is 1.86 bits per heavy atom. The molecule has 0 saturated carbocycles. The number of phenolic OH excluding ortho intramolecular Hbond substituents is 1. The van der Waals surface area contributed by atoms with Crippen LogP contribution in [0.5, 0.6) is 17.2 Å². The molecule has 0 unspecified atom stereocenters. The molecule has 21 heavy (non-hydrogen) atoms. The molecule has 5 heteroatoms. The standard InChI is InChI=1S/C16H17NO4/c1-3-21-14-9-4-11(10-15(14)20-2)16(19)17-12-5-7-13(18)8-6-12/h4-10,18H,3H2,1-2H3,(H,17,19). The lowest BCUT2D eigenvalue weighted by atomic mass is 10.2. The van der Waals surface area contributed by atoms with Gasteiger partial charge in [0.05, 0.1) is 13.7 Å². The van der Waals surface area contributed by atoms with E-state index in [-0.39, 0.29) is 11.7 Å². The Labute approximate surface area is 123 Å². The van der Waals surface area contributed by atoms with Gasteiger partial charge in [-0.25, -0.2) is 0 Å². The molecule has 2 aromatic rings. The molecule has 0 heterocycles. The van der Waals surface area contributed by atoms with Crippen LogP contribution in [0.15, 0.2) is 42.5 Å². The van der Waals surface area contributed by atoms with Gasteiger partial charge in [-0.15, -0.1) is 0 Å². The van der Waals surface area contributed by atoms with Gasteiger partial charge in [-0.3, -0.25) is 4.79 Å². The van der Waals surface area contributed by atoms with E-state index < -0.39 is 0 Å². The average Bonchev–Trinajstić information content (AvgIpc) is 2.50. The first kappa shape index (κ1) is 14.7. The van der Waals surface area contributed by atoms with E-state index in [0.29, 0.717) is 29.4 Å². The first-order chi connectivity index (χ1) is 10.1. The van der Waals surface area contributed by atoms with Crippen LogP contribution in [0.2, 0.25) is 0 Å². The Balaban J connectivity index is 2.17. The molecule has 2 aromatic carbocycles. The van der Waals surface area contributed by atoms with Crippen molar-refractivity contribution in [3.63, 3.8) is 0 Å². The van der Waals surface area contributed by atoms with Gasteiger partial charge < -0.3 is 19.9 Å². The predicted molar refractivity (Wildman–Crippen MR) is 80.2 cm³/mol. The largest absolute Gasteiger partial charge is 0.508 e. The van der Waals surface area contributed by atoms with Gasteiger partial charge in [-0.1, -0.05) is 0 Å². The highest BCUT2D eigenvalue weighted by molar-refractivity contribution is 6.04. The molecule has 0 aromatic heterocycles. The number of hydrogen-bond donors (Lipinski definition) is 2. The number of benzene rings is 2. The summed E-state index contributed by atoms with van der Waals surface area (Å²) in [7, 11) is 1.53. The van der Waals surface area contributed by atoms with Crippen LogP contribution in [0.3, 0.4) is 0 Å². The number of hydrogen-bond acceptors (Lipinski definition) is 4. The van der Waals surface area contributed by atoms with E-state index in [4.69, 9.17) is 9.47 Å². The lowest BCUT2D eigenvalue weighted by molar-refractivity contribution is 0.102. The SMILES string of the molecule is CCOc1ccc(C(=O)Nc2ccc(O)cc2)cc1OC. The summed E-state index contributed by atoms with van der Waals surface area (Å²) in [6.45, 7) is 2.40. The van der Waals surface area contributed by atoms with Crippen molar-refractivity contribution in [3.8, 4) is 17.2 Å². The van der Waals surface area contributed by atoms with Crippen LogP contribution in [0.25, 0.3) is 0 Å². The van der Waals surface area contributed by atoms with E-state index in [1.165, 1.54) is 19.2 Å². The van der Waals surface area contributed by atoms with Crippen LogP contribution >= 0.6 is 0 Å². The van der Waals surface area contributed by atoms with Crippen LogP contribution in [0.1, 0.15) is 17.3 Å². The molecule has 5 nitrogen and oxygen atoms in total. The highest BCUT2D eigenvalue weighted by atomic mass is 16.5. The van der Waals surface area contributed by atoms with E-state index in [2.05, 4.69) is 5.32 Å². The lowest BCUT2D eigenvalue weighted by Gasteiger charge is -2.11. The van der Waals surface area contributed by atoms with Crippen molar-refractivity contribution in [2.75, 3.05) is 19.0 Å². The van der Waals surface area contributed by atoms with Gasteiger partial charge >= 0.3 is 0 Å². The number of methoxy groups -OCH3 is 1. The molecule has 0 aliphatic carbocycles. The summed E-state index contributed by atoms with van der Waals surface area (Å²) in [6, 6.07) is 11.3. The molecule has 0 spiro atoms. The van der Waals surface area contributed by atoms with Gasteiger partial charge in [0.25, 0.3) is 5.91 Å². The molecule has 0 aliphatic heterocycles. The van der Waals surface area contributed by atoms with Crippen LogP contribution in [-0.2, 0) is 0 Å². The summed E-state index contributed by atoms with van der Waals surface area (Å²) in [5.41, 5.74) is 1.06. The van der Waals surface area contributed by atoms with Gasteiger partial charge in [-0.05, 0) is 49.4 Å². The molecule has 1 amide bonds. The lowest BCUT2D eigenvalue weighted by Crippen LogP contribution is -2.12. The van der Waals surface area contributed by atoms with E-state index >= 15 is 0 Å². The Hall–Kier alpha value is -2.69. The van der Waals surface area contributed by atoms with E-state index in [1.54, 1.807) is 30.3 Å². The summed E-state index contributed by atoms with van der Waals surface area (Å²) in [5, 5.41) is 12.0. The number of ether oxygens (including phenoxy) is 2. The summed E-state index contributed by atoms with van der Waals surface area (Å²) >= 11 is 0. The fourth-order valence-corrected chi connectivity index (χ4v) is 1.83. The average molecular weight is 287 g/mol. The highest BCUT2D eigenvalue weighted by Crippen LogP contribution is 2.28.